The van der Waals surface area contributed by atoms with Crippen molar-refractivity contribution in [2.45, 2.75) is 44.4 Å². The summed E-state index contributed by atoms with van der Waals surface area (Å²) in [7, 11) is 1.58. The lowest BCUT2D eigenvalue weighted by molar-refractivity contribution is -0.145. The lowest BCUT2D eigenvalue weighted by Crippen LogP contribution is -2.38. The zero-order valence-corrected chi connectivity index (χ0v) is 12.1. The lowest BCUT2D eigenvalue weighted by atomic mass is 9.69. The maximum absolute atomic E-state index is 11.8. The van der Waals surface area contributed by atoms with Crippen LogP contribution in [-0.2, 0) is 10.2 Å². The Morgan fingerprint density at radius 3 is 2.47 bits per heavy atom. The number of rotatable bonds is 3. The summed E-state index contributed by atoms with van der Waals surface area (Å²) in [5.41, 5.74) is 0.717. The molecule has 0 radical (unpaired) electrons. The Bertz CT molecular complexity index is 490. The minimum Gasteiger partial charge on any atom is -0.497 e. The summed E-state index contributed by atoms with van der Waals surface area (Å²) in [6.07, 6.45) is 4.25. The van der Waals surface area contributed by atoms with E-state index < -0.39 is 11.4 Å². The summed E-state index contributed by atoms with van der Waals surface area (Å²) < 4.78 is 5.25. The fourth-order valence-corrected chi connectivity index (χ4v) is 3.25. The molecular formula is C15H19ClO3. The quantitative estimate of drug-likeness (QED) is 0.913. The van der Waals surface area contributed by atoms with Gasteiger partial charge in [-0.25, -0.2) is 0 Å². The number of aryl methyl sites for hydroxylation is 1. The Morgan fingerprint density at radius 2 is 1.95 bits per heavy atom. The molecule has 1 aromatic carbocycles. The van der Waals surface area contributed by atoms with Gasteiger partial charge in [0, 0.05) is 5.02 Å². The van der Waals surface area contributed by atoms with E-state index in [1.54, 1.807) is 13.2 Å². The maximum Gasteiger partial charge on any atom is 0.314 e. The molecule has 19 heavy (non-hydrogen) atoms. The Kier molecular flexibility index (Phi) is 4.04. The molecule has 0 atom stereocenters. The molecule has 3 nitrogen and oxygen atoms in total. The van der Waals surface area contributed by atoms with Crippen LogP contribution in [0.2, 0.25) is 5.02 Å². The molecule has 0 heterocycles. The van der Waals surface area contributed by atoms with Crippen molar-refractivity contribution >= 4 is 17.6 Å². The third-order valence-corrected chi connectivity index (χ3v) is 4.60. The Balaban J connectivity index is 2.59. The van der Waals surface area contributed by atoms with Crippen molar-refractivity contribution < 1.29 is 14.6 Å². The van der Waals surface area contributed by atoms with Crippen LogP contribution < -0.4 is 4.74 Å². The standard InChI is InChI=1S/C15H19ClO3/c1-10-8-11(19-2)9-12(13(10)16)15(14(17)18)6-4-3-5-7-15/h8-9H,3-7H2,1-2H3,(H,17,18). The Morgan fingerprint density at radius 1 is 1.32 bits per heavy atom. The number of carbonyl (C=O) groups is 1. The number of hydrogen-bond donors (Lipinski definition) is 1. The van der Waals surface area contributed by atoms with Gasteiger partial charge in [-0.15, -0.1) is 0 Å². The average Bonchev–Trinajstić information content (AvgIpc) is 2.42. The van der Waals surface area contributed by atoms with Crippen molar-refractivity contribution in [2.75, 3.05) is 7.11 Å². The van der Waals surface area contributed by atoms with Gasteiger partial charge in [0.15, 0.2) is 0 Å². The highest BCUT2D eigenvalue weighted by Gasteiger charge is 2.43. The SMILES string of the molecule is COc1cc(C)c(Cl)c(C2(C(=O)O)CCCCC2)c1. The second kappa shape index (κ2) is 5.41. The molecule has 1 N–H and O–H groups in total. The van der Waals surface area contributed by atoms with E-state index in [1.165, 1.54) is 0 Å². The van der Waals surface area contributed by atoms with E-state index in [2.05, 4.69) is 0 Å². The summed E-state index contributed by atoms with van der Waals surface area (Å²) in [4.78, 5) is 11.8. The average molecular weight is 283 g/mol. The third-order valence-electron chi connectivity index (χ3n) is 4.10. The highest BCUT2D eigenvalue weighted by molar-refractivity contribution is 6.32. The van der Waals surface area contributed by atoms with Gasteiger partial charge in [-0.3, -0.25) is 4.79 Å². The number of methoxy groups -OCH3 is 1. The maximum atomic E-state index is 11.8. The lowest BCUT2D eigenvalue weighted by Gasteiger charge is -2.34. The fourth-order valence-electron chi connectivity index (χ4n) is 2.96. The molecular weight excluding hydrogens is 264 g/mol. The number of halogens is 1. The minimum atomic E-state index is -0.853. The molecule has 0 saturated heterocycles. The molecule has 1 aromatic rings. The van der Waals surface area contributed by atoms with Crippen molar-refractivity contribution in [2.24, 2.45) is 0 Å². The molecule has 0 aromatic heterocycles. The summed E-state index contributed by atoms with van der Waals surface area (Å²) in [6.45, 7) is 1.88. The van der Waals surface area contributed by atoms with Crippen LogP contribution in [0, 0.1) is 6.92 Å². The molecule has 0 bridgehead atoms. The van der Waals surface area contributed by atoms with Crippen LogP contribution in [0.25, 0.3) is 0 Å². The zero-order chi connectivity index (χ0) is 14.0. The minimum absolute atomic E-state index is 0.560. The first-order chi connectivity index (χ1) is 9.01. The summed E-state index contributed by atoms with van der Waals surface area (Å²) in [6, 6.07) is 3.62. The third kappa shape index (κ3) is 2.44. The van der Waals surface area contributed by atoms with Gasteiger partial charge in [-0.1, -0.05) is 30.9 Å². The first kappa shape index (κ1) is 14.2. The number of carboxylic acids is 1. The monoisotopic (exact) mass is 282 g/mol. The number of aliphatic carboxylic acids is 1. The van der Waals surface area contributed by atoms with Gasteiger partial charge in [0.05, 0.1) is 12.5 Å². The normalized spacial score (nSPS) is 18.1. The van der Waals surface area contributed by atoms with Crippen LogP contribution >= 0.6 is 11.6 Å². The first-order valence-electron chi connectivity index (χ1n) is 6.59. The van der Waals surface area contributed by atoms with Gasteiger partial charge in [0.2, 0.25) is 0 Å². The van der Waals surface area contributed by atoms with Gasteiger partial charge in [-0.2, -0.15) is 0 Å². The van der Waals surface area contributed by atoms with E-state index in [0.717, 1.165) is 24.8 Å². The summed E-state index contributed by atoms with van der Waals surface area (Å²) >= 11 is 6.37. The molecule has 104 valence electrons. The largest absolute Gasteiger partial charge is 0.497 e. The number of hydrogen-bond acceptors (Lipinski definition) is 2. The van der Waals surface area contributed by atoms with Crippen molar-refractivity contribution in [3.63, 3.8) is 0 Å². The first-order valence-corrected chi connectivity index (χ1v) is 6.97. The van der Waals surface area contributed by atoms with Gasteiger partial charge in [-0.05, 0) is 43.0 Å². The second-order valence-electron chi connectivity index (χ2n) is 5.25. The molecule has 4 heteroatoms. The van der Waals surface area contributed by atoms with E-state index in [-0.39, 0.29) is 0 Å². The molecule has 1 aliphatic carbocycles. The van der Waals surface area contributed by atoms with Crippen LogP contribution in [0.3, 0.4) is 0 Å². The molecule has 2 rings (SSSR count). The smallest absolute Gasteiger partial charge is 0.314 e. The van der Waals surface area contributed by atoms with Gasteiger partial charge in [0.25, 0.3) is 0 Å². The van der Waals surface area contributed by atoms with Crippen molar-refractivity contribution in [3.8, 4) is 5.75 Å². The molecule has 1 aliphatic rings. The van der Waals surface area contributed by atoms with E-state index in [4.69, 9.17) is 16.3 Å². The Hall–Kier alpha value is -1.22. The molecule has 0 aliphatic heterocycles. The van der Waals surface area contributed by atoms with Crippen molar-refractivity contribution in [1.82, 2.24) is 0 Å². The van der Waals surface area contributed by atoms with E-state index in [0.29, 0.717) is 29.2 Å². The highest BCUT2D eigenvalue weighted by atomic mass is 35.5. The van der Waals surface area contributed by atoms with Crippen LogP contribution in [0.4, 0.5) is 0 Å². The summed E-state index contributed by atoms with van der Waals surface area (Å²) in [5, 5.41) is 10.3. The van der Waals surface area contributed by atoms with Crippen LogP contribution in [0.15, 0.2) is 12.1 Å². The number of benzene rings is 1. The predicted octanol–water partition coefficient (Wildman–Crippen LogP) is 3.94. The molecule has 0 spiro atoms. The Labute approximate surface area is 118 Å². The van der Waals surface area contributed by atoms with Crippen molar-refractivity contribution in [1.29, 1.82) is 0 Å². The van der Waals surface area contributed by atoms with Crippen LogP contribution in [0.1, 0.15) is 43.2 Å². The summed E-state index contributed by atoms with van der Waals surface area (Å²) in [5.74, 6) is -0.107. The predicted molar refractivity (Wildman–Crippen MR) is 75.1 cm³/mol. The van der Waals surface area contributed by atoms with Gasteiger partial charge in [0.1, 0.15) is 5.75 Å². The van der Waals surface area contributed by atoms with Gasteiger partial charge >= 0.3 is 5.97 Å². The molecule has 0 amide bonds. The van der Waals surface area contributed by atoms with Crippen LogP contribution in [0.5, 0.6) is 5.75 Å². The zero-order valence-electron chi connectivity index (χ0n) is 11.3. The number of carboxylic acid groups (broad SMARTS) is 1. The number of ether oxygens (including phenoxy) is 1. The molecule has 1 saturated carbocycles. The topological polar surface area (TPSA) is 46.5 Å². The second-order valence-corrected chi connectivity index (χ2v) is 5.63. The van der Waals surface area contributed by atoms with Crippen molar-refractivity contribution in [3.05, 3.63) is 28.3 Å². The van der Waals surface area contributed by atoms with Gasteiger partial charge < -0.3 is 9.84 Å². The molecule has 1 fully saturated rings. The van der Waals surface area contributed by atoms with E-state index in [9.17, 15) is 9.90 Å². The van der Waals surface area contributed by atoms with Crippen LogP contribution in [-0.4, -0.2) is 18.2 Å². The van der Waals surface area contributed by atoms with E-state index in [1.807, 2.05) is 13.0 Å². The molecule has 0 unspecified atom stereocenters. The fraction of sp³-hybridized carbons (Fsp3) is 0.533. The van der Waals surface area contributed by atoms with E-state index >= 15 is 0 Å². The highest BCUT2D eigenvalue weighted by Crippen LogP contribution is 2.44.